The van der Waals surface area contributed by atoms with Gasteiger partial charge in [0.05, 0.1) is 4.92 Å². The number of unbranched alkanes of at least 4 members (excludes halogenated alkanes) is 7. The van der Waals surface area contributed by atoms with Crippen LogP contribution < -0.4 is 10.6 Å². The monoisotopic (exact) mass is 634 g/mol. The average molecular weight is 635 g/mol. The van der Waals surface area contributed by atoms with Gasteiger partial charge in [0.1, 0.15) is 12.7 Å². The second-order valence-electron chi connectivity index (χ2n) is 12.9. The van der Waals surface area contributed by atoms with Crippen molar-refractivity contribution in [1.82, 2.24) is 10.2 Å². The SMILES string of the molecule is CCCCCCCCCCOC[C@@]12O[C@@H](CNCCN3CCCCC3)[C@@H](OC(=O)Nc3ccc([N+](=O)[O-])cc3)[C@@H]1OC(C)(C)O2. The van der Waals surface area contributed by atoms with E-state index in [0.29, 0.717) is 18.8 Å². The van der Waals surface area contributed by atoms with Crippen LogP contribution >= 0.6 is 0 Å². The van der Waals surface area contributed by atoms with E-state index in [4.69, 9.17) is 23.7 Å². The Balaban J connectivity index is 1.35. The summed E-state index contributed by atoms with van der Waals surface area (Å²) >= 11 is 0. The van der Waals surface area contributed by atoms with Crippen molar-refractivity contribution in [3.8, 4) is 0 Å². The van der Waals surface area contributed by atoms with Crippen molar-refractivity contribution in [3.63, 3.8) is 0 Å². The van der Waals surface area contributed by atoms with Crippen LogP contribution in [0.2, 0.25) is 0 Å². The lowest BCUT2D eigenvalue weighted by molar-refractivity contribution is -0.384. The highest BCUT2D eigenvalue weighted by atomic mass is 16.9. The third-order valence-corrected chi connectivity index (χ3v) is 8.69. The standard InChI is InChI=1S/C33H54N4O8/c1-4-5-6-7-8-9-10-14-23-41-25-33-30(44-32(2,3)45-33)29(28(43-33)24-34-19-22-36-20-12-11-13-21-36)42-31(38)35-26-15-17-27(18-16-26)37(39)40/h15-18,28-30,34H,4-14,19-25H2,1-3H3,(H,35,38)/t28-,29+,30-,33-/m0/s1. The molecule has 4 atom stereocenters. The van der Waals surface area contributed by atoms with E-state index in [1.54, 1.807) is 0 Å². The molecule has 12 nitrogen and oxygen atoms in total. The molecule has 0 saturated carbocycles. The summed E-state index contributed by atoms with van der Waals surface area (Å²) in [4.78, 5) is 26.1. The zero-order valence-electron chi connectivity index (χ0n) is 27.4. The minimum Gasteiger partial charge on any atom is -0.440 e. The van der Waals surface area contributed by atoms with Crippen LogP contribution in [-0.4, -0.2) is 91.7 Å². The Hall–Kier alpha value is -2.35. The highest BCUT2D eigenvalue weighted by Crippen LogP contribution is 2.46. The van der Waals surface area contributed by atoms with E-state index in [1.807, 2.05) is 13.8 Å². The number of nitro groups is 1. The van der Waals surface area contributed by atoms with E-state index >= 15 is 0 Å². The molecule has 12 heteroatoms. The summed E-state index contributed by atoms with van der Waals surface area (Å²) in [6.45, 7) is 11.0. The van der Waals surface area contributed by atoms with Crippen LogP contribution in [0.4, 0.5) is 16.2 Å². The molecule has 2 N–H and O–H groups in total. The molecule has 3 heterocycles. The van der Waals surface area contributed by atoms with Crippen molar-refractivity contribution < 1.29 is 33.4 Å². The highest BCUT2D eigenvalue weighted by Gasteiger charge is 2.66. The number of likely N-dealkylation sites (tertiary alicyclic amines) is 1. The quantitative estimate of drug-likeness (QED) is 0.106. The minimum absolute atomic E-state index is 0.0655. The maximum atomic E-state index is 13.1. The molecule has 0 aromatic heterocycles. The van der Waals surface area contributed by atoms with E-state index in [-0.39, 0.29) is 12.3 Å². The number of ether oxygens (including phenoxy) is 5. The molecule has 3 fully saturated rings. The summed E-state index contributed by atoms with van der Waals surface area (Å²) < 4.78 is 31.3. The number of nitrogens with zero attached hydrogens (tertiary/aromatic N) is 2. The van der Waals surface area contributed by atoms with Crippen LogP contribution in [0, 0.1) is 10.1 Å². The summed E-state index contributed by atoms with van der Waals surface area (Å²) in [5, 5.41) is 17.2. The molecule has 0 aliphatic carbocycles. The fourth-order valence-electron chi connectivity index (χ4n) is 6.42. The normalized spacial score (nSPS) is 26.1. The van der Waals surface area contributed by atoms with Crippen molar-refractivity contribution in [2.45, 2.75) is 121 Å². The van der Waals surface area contributed by atoms with Crippen molar-refractivity contribution in [2.24, 2.45) is 0 Å². The number of piperidine rings is 1. The second kappa shape index (κ2) is 17.5. The fourth-order valence-corrected chi connectivity index (χ4v) is 6.42. The van der Waals surface area contributed by atoms with E-state index in [1.165, 1.54) is 82.1 Å². The number of hydrogen-bond acceptors (Lipinski definition) is 10. The molecule has 0 radical (unpaired) electrons. The van der Waals surface area contributed by atoms with Gasteiger partial charge in [-0.05, 0) is 58.3 Å². The number of fused-ring (bicyclic) bond motifs is 1. The number of nitrogens with one attached hydrogen (secondary N) is 2. The summed E-state index contributed by atoms with van der Waals surface area (Å²) in [7, 11) is 0. The van der Waals surface area contributed by atoms with Gasteiger partial charge in [0, 0.05) is 44.1 Å². The van der Waals surface area contributed by atoms with Crippen LogP contribution in [0.1, 0.15) is 91.4 Å². The van der Waals surface area contributed by atoms with Gasteiger partial charge >= 0.3 is 6.09 Å². The van der Waals surface area contributed by atoms with Gasteiger partial charge in [-0.2, -0.15) is 0 Å². The van der Waals surface area contributed by atoms with E-state index in [0.717, 1.165) is 39.0 Å². The Labute approximate surface area is 268 Å². The Morgan fingerprint density at radius 2 is 1.71 bits per heavy atom. The number of carbonyl (C=O) groups is 1. The predicted molar refractivity (Wildman–Crippen MR) is 171 cm³/mol. The van der Waals surface area contributed by atoms with Gasteiger partial charge in [-0.25, -0.2) is 4.79 Å². The predicted octanol–water partition coefficient (Wildman–Crippen LogP) is 5.99. The van der Waals surface area contributed by atoms with Crippen LogP contribution in [0.3, 0.4) is 0 Å². The zero-order chi connectivity index (χ0) is 32.1. The van der Waals surface area contributed by atoms with Crippen molar-refractivity contribution in [1.29, 1.82) is 0 Å². The molecule has 1 amide bonds. The Kier molecular flexibility index (Phi) is 13.8. The number of carbonyl (C=O) groups excluding carboxylic acids is 1. The third-order valence-electron chi connectivity index (χ3n) is 8.69. The van der Waals surface area contributed by atoms with Crippen molar-refractivity contribution in [3.05, 3.63) is 34.4 Å². The first kappa shape index (κ1) is 35.5. The van der Waals surface area contributed by atoms with Crippen molar-refractivity contribution in [2.75, 3.05) is 51.3 Å². The first-order valence-corrected chi connectivity index (χ1v) is 17.0. The first-order chi connectivity index (χ1) is 21.7. The van der Waals surface area contributed by atoms with Crippen LogP contribution in [0.5, 0.6) is 0 Å². The Bertz CT molecular complexity index is 1050. The van der Waals surface area contributed by atoms with Crippen molar-refractivity contribution >= 4 is 17.5 Å². The van der Waals surface area contributed by atoms with Crippen LogP contribution in [0.15, 0.2) is 24.3 Å². The van der Waals surface area contributed by atoms with E-state index in [2.05, 4.69) is 22.5 Å². The molecular weight excluding hydrogens is 580 g/mol. The highest BCUT2D eigenvalue weighted by molar-refractivity contribution is 5.84. The number of hydrogen-bond donors (Lipinski definition) is 2. The van der Waals surface area contributed by atoms with Gasteiger partial charge in [-0.15, -0.1) is 0 Å². The molecule has 3 aliphatic heterocycles. The van der Waals surface area contributed by atoms with Crippen LogP contribution in [0.25, 0.3) is 0 Å². The van der Waals surface area contributed by atoms with Gasteiger partial charge in [-0.1, -0.05) is 58.3 Å². The molecule has 0 unspecified atom stereocenters. The number of anilines is 1. The summed E-state index contributed by atoms with van der Waals surface area (Å²) in [6, 6.07) is 5.58. The molecule has 0 spiro atoms. The summed E-state index contributed by atoms with van der Waals surface area (Å²) in [6.07, 6.45) is 10.7. The first-order valence-electron chi connectivity index (χ1n) is 17.0. The second-order valence-corrected chi connectivity index (χ2v) is 12.9. The smallest absolute Gasteiger partial charge is 0.412 e. The topological polar surface area (TPSA) is 134 Å². The van der Waals surface area contributed by atoms with Gasteiger partial charge in [0.15, 0.2) is 18.0 Å². The molecule has 0 bridgehead atoms. The van der Waals surface area contributed by atoms with E-state index < -0.39 is 40.9 Å². The zero-order valence-corrected chi connectivity index (χ0v) is 27.4. The van der Waals surface area contributed by atoms with Gasteiger partial charge in [-0.3, -0.25) is 15.4 Å². The third kappa shape index (κ3) is 10.9. The van der Waals surface area contributed by atoms with Crippen LogP contribution in [-0.2, 0) is 23.7 Å². The number of rotatable bonds is 19. The minimum atomic E-state index is -1.22. The fraction of sp³-hybridized carbons (Fsp3) is 0.788. The number of amides is 1. The van der Waals surface area contributed by atoms with E-state index in [9.17, 15) is 14.9 Å². The molecular formula is C33H54N4O8. The molecule has 3 aliphatic rings. The number of nitro benzene ring substituents is 1. The lowest BCUT2D eigenvalue weighted by atomic mass is 10.1. The van der Waals surface area contributed by atoms with Gasteiger partial charge in [0.25, 0.3) is 5.69 Å². The Morgan fingerprint density at radius 1 is 1.02 bits per heavy atom. The number of non-ortho nitro benzene ring substituents is 1. The number of benzene rings is 1. The Morgan fingerprint density at radius 3 is 2.40 bits per heavy atom. The maximum Gasteiger partial charge on any atom is 0.412 e. The lowest BCUT2D eigenvalue weighted by Gasteiger charge is -2.29. The average Bonchev–Trinajstić information content (AvgIpc) is 3.43. The van der Waals surface area contributed by atoms with Gasteiger partial charge < -0.3 is 33.9 Å². The molecule has 1 aromatic rings. The molecule has 254 valence electrons. The lowest BCUT2D eigenvalue weighted by Crippen LogP contribution is -2.46. The molecule has 4 rings (SSSR count). The summed E-state index contributed by atoms with van der Waals surface area (Å²) in [5.74, 6) is -2.18. The maximum absolute atomic E-state index is 13.1. The molecule has 1 aromatic carbocycles. The van der Waals surface area contributed by atoms with Gasteiger partial charge in [0.2, 0.25) is 5.79 Å². The summed E-state index contributed by atoms with van der Waals surface area (Å²) in [5.41, 5.74) is 0.314. The molecule has 45 heavy (non-hydrogen) atoms. The largest absolute Gasteiger partial charge is 0.440 e. The molecule has 3 saturated heterocycles.